The van der Waals surface area contributed by atoms with Crippen LogP contribution in [-0.4, -0.2) is 137 Å². The van der Waals surface area contributed by atoms with E-state index < -0.39 is 69.9 Å². The van der Waals surface area contributed by atoms with E-state index in [1.807, 2.05) is 52.8 Å². The molecule has 346 valence electrons. The van der Waals surface area contributed by atoms with E-state index in [0.717, 1.165) is 5.56 Å². The van der Waals surface area contributed by atoms with Crippen molar-refractivity contribution >= 4 is 39.6 Å². The van der Waals surface area contributed by atoms with Gasteiger partial charge in [-0.1, -0.05) is 95.6 Å². The molecule has 0 saturated carbocycles. The first-order valence-corrected chi connectivity index (χ1v) is 23.1. The summed E-state index contributed by atoms with van der Waals surface area (Å²) in [5.74, 6) is -3.58. The van der Waals surface area contributed by atoms with Crippen molar-refractivity contribution in [3.05, 3.63) is 71.3 Å². The lowest BCUT2D eigenvalue weighted by molar-refractivity contribution is -0.146. The molecule has 5 amide bonds. The molecule has 2 aromatic carbocycles. The first-order valence-electron chi connectivity index (χ1n) is 21.5. The van der Waals surface area contributed by atoms with Crippen LogP contribution in [0.2, 0.25) is 0 Å². The highest BCUT2D eigenvalue weighted by molar-refractivity contribution is 7.89. The second-order valence-corrected chi connectivity index (χ2v) is 18.7. The lowest BCUT2D eigenvalue weighted by Crippen LogP contribution is -2.56. The number of likely N-dealkylation sites (tertiary alicyclic amines) is 1. The molecule has 1 heterocycles. The van der Waals surface area contributed by atoms with Gasteiger partial charge in [-0.05, 0) is 55.5 Å². The number of sulfonamides is 1. The Morgan fingerprint density at radius 2 is 1.50 bits per heavy atom. The largest absolute Gasteiger partial charge is 0.379 e. The fraction of sp³-hybridized carbons (Fsp3) is 0.622. The van der Waals surface area contributed by atoms with Crippen molar-refractivity contribution in [2.24, 2.45) is 23.5 Å². The smallest absolute Gasteiger partial charge is 0.256 e. The molecule has 0 spiro atoms. The highest BCUT2D eigenvalue weighted by Crippen LogP contribution is 2.29. The van der Waals surface area contributed by atoms with E-state index in [4.69, 9.17) is 15.2 Å². The van der Waals surface area contributed by atoms with E-state index in [9.17, 15) is 32.4 Å². The molecular formula is C45H71N7O9S. The SMILES string of the molecule is CCC(C)C(C(CC(=O)N1CCCC1C(OC)C(C)C(=O)NC(Cc1ccccc1)C(=O)NS(=O)(=O)Cc1ccc(CN)cc1)OC)N(C)C(=O)CNC(=O)C(C(C)C)N(C)C. The number of nitrogens with zero attached hydrogens (tertiary/aromatic N) is 3. The highest BCUT2D eigenvalue weighted by Gasteiger charge is 2.42. The van der Waals surface area contributed by atoms with Gasteiger partial charge in [0.25, 0.3) is 5.91 Å². The van der Waals surface area contributed by atoms with Gasteiger partial charge in [0.2, 0.25) is 33.7 Å². The number of nitrogens with one attached hydrogen (secondary N) is 3. The lowest BCUT2D eigenvalue weighted by Gasteiger charge is -2.39. The molecular weight excluding hydrogens is 815 g/mol. The molecule has 1 saturated heterocycles. The number of likely N-dealkylation sites (N-methyl/N-ethyl adjacent to an activating group) is 2. The number of amides is 5. The standard InChI is InChI=1S/C45H71N7O9S/c1-11-30(4)41(51(8)39(54)27-47-45(57)40(29(2)3)50(6)7)37(60-9)25-38(53)52-23-15-18-36(52)42(61-10)31(5)43(55)48-35(24-32-16-13-12-14-17-32)44(56)49-62(58,59)28-34-21-19-33(26-46)20-22-34/h12-14,16-17,19-22,29-31,35-37,40-42H,11,15,18,23-28,46H2,1-10H3,(H,47,57)(H,48,55)(H,49,56). The first kappa shape index (κ1) is 51.9. The third-order valence-electron chi connectivity index (χ3n) is 12.0. The summed E-state index contributed by atoms with van der Waals surface area (Å²) in [5.41, 5.74) is 7.67. The molecule has 62 heavy (non-hydrogen) atoms. The summed E-state index contributed by atoms with van der Waals surface area (Å²) in [6, 6.07) is 13.0. The number of hydrogen-bond donors (Lipinski definition) is 4. The molecule has 1 fully saturated rings. The number of ether oxygens (including phenoxy) is 2. The Bertz CT molecular complexity index is 1870. The van der Waals surface area contributed by atoms with E-state index in [-0.39, 0.29) is 48.9 Å². The van der Waals surface area contributed by atoms with Crippen LogP contribution < -0.4 is 21.1 Å². The highest BCUT2D eigenvalue weighted by atomic mass is 32.2. The number of carbonyl (C=O) groups excluding carboxylic acids is 5. The Hall–Kier alpha value is -4.42. The third-order valence-corrected chi connectivity index (χ3v) is 13.2. The van der Waals surface area contributed by atoms with Crippen LogP contribution in [0.4, 0.5) is 0 Å². The molecule has 0 bridgehead atoms. The van der Waals surface area contributed by atoms with Gasteiger partial charge in [0.15, 0.2) is 0 Å². The summed E-state index contributed by atoms with van der Waals surface area (Å²) < 4.78 is 40.4. The van der Waals surface area contributed by atoms with Gasteiger partial charge in [-0.25, -0.2) is 8.42 Å². The molecule has 8 atom stereocenters. The predicted molar refractivity (Wildman–Crippen MR) is 239 cm³/mol. The lowest BCUT2D eigenvalue weighted by atomic mass is 9.90. The van der Waals surface area contributed by atoms with Gasteiger partial charge in [0, 0.05) is 40.8 Å². The van der Waals surface area contributed by atoms with Crippen LogP contribution in [0.3, 0.4) is 0 Å². The van der Waals surface area contributed by atoms with Gasteiger partial charge >= 0.3 is 0 Å². The Morgan fingerprint density at radius 3 is 2.05 bits per heavy atom. The maximum Gasteiger partial charge on any atom is 0.256 e. The average molecular weight is 886 g/mol. The number of methoxy groups -OCH3 is 2. The normalized spacial score (nSPS) is 17.7. The van der Waals surface area contributed by atoms with Crippen LogP contribution in [-0.2, 0) is 62.2 Å². The van der Waals surface area contributed by atoms with E-state index in [2.05, 4.69) is 15.4 Å². The number of hydrogen-bond acceptors (Lipinski definition) is 11. The fourth-order valence-electron chi connectivity index (χ4n) is 8.46. The minimum atomic E-state index is -4.15. The zero-order chi connectivity index (χ0) is 46.3. The second-order valence-electron chi connectivity index (χ2n) is 17.0. The van der Waals surface area contributed by atoms with E-state index in [1.54, 1.807) is 72.3 Å². The minimum absolute atomic E-state index is 0.0190. The quantitative estimate of drug-likeness (QED) is 0.120. The molecule has 0 radical (unpaired) electrons. The summed E-state index contributed by atoms with van der Waals surface area (Å²) in [6.45, 7) is 10.0. The average Bonchev–Trinajstić information content (AvgIpc) is 3.72. The van der Waals surface area contributed by atoms with E-state index in [1.165, 1.54) is 14.2 Å². The fourth-order valence-corrected chi connectivity index (χ4v) is 9.62. The zero-order valence-corrected chi connectivity index (χ0v) is 39.1. The van der Waals surface area contributed by atoms with Crippen molar-refractivity contribution in [1.82, 2.24) is 30.1 Å². The van der Waals surface area contributed by atoms with Crippen molar-refractivity contribution < 1.29 is 41.9 Å². The number of rotatable bonds is 24. The molecule has 1 aliphatic rings. The Morgan fingerprint density at radius 1 is 0.871 bits per heavy atom. The van der Waals surface area contributed by atoms with Crippen molar-refractivity contribution in [2.45, 2.75) is 115 Å². The molecule has 16 nitrogen and oxygen atoms in total. The third kappa shape index (κ3) is 14.6. The molecule has 1 aliphatic heterocycles. The van der Waals surface area contributed by atoms with Gasteiger partial charge in [0.05, 0.1) is 55.0 Å². The number of benzene rings is 2. The van der Waals surface area contributed by atoms with Crippen molar-refractivity contribution in [3.8, 4) is 0 Å². The van der Waals surface area contributed by atoms with Gasteiger partial charge in [-0.3, -0.25) is 33.6 Å². The monoisotopic (exact) mass is 886 g/mol. The molecule has 5 N–H and O–H groups in total. The van der Waals surface area contributed by atoms with Gasteiger partial charge in [-0.2, -0.15) is 0 Å². The molecule has 3 rings (SSSR count). The maximum absolute atomic E-state index is 14.2. The Balaban J connectivity index is 1.77. The van der Waals surface area contributed by atoms with Crippen molar-refractivity contribution in [1.29, 1.82) is 0 Å². The van der Waals surface area contributed by atoms with Crippen LogP contribution >= 0.6 is 0 Å². The maximum atomic E-state index is 14.2. The minimum Gasteiger partial charge on any atom is -0.379 e. The van der Waals surface area contributed by atoms with Crippen molar-refractivity contribution in [3.63, 3.8) is 0 Å². The second kappa shape index (κ2) is 24.4. The summed E-state index contributed by atoms with van der Waals surface area (Å²) in [5, 5.41) is 5.57. The van der Waals surface area contributed by atoms with Crippen LogP contribution in [0.5, 0.6) is 0 Å². The van der Waals surface area contributed by atoms with E-state index >= 15 is 0 Å². The Kier molecular flexibility index (Phi) is 20.5. The zero-order valence-electron chi connectivity index (χ0n) is 38.3. The number of carbonyl (C=O) groups is 5. The first-order chi connectivity index (χ1) is 29.3. The predicted octanol–water partition coefficient (Wildman–Crippen LogP) is 2.44. The summed E-state index contributed by atoms with van der Waals surface area (Å²) >= 11 is 0. The van der Waals surface area contributed by atoms with Crippen LogP contribution in [0.1, 0.15) is 77.0 Å². The van der Waals surface area contributed by atoms with E-state index in [0.29, 0.717) is 43.5 Å². The van der Waals surface area contributed by atoms with Gasteiger partial charge < -0.3 is 35.6 Å². The van der Waals surface area contributed by atoms with Crippen molar-refractivity contribution in [2.75, 3.05) is 48.5 Å². The molecule has 8 unspecified atom stereocenters. The topological polar surface area (TPSA) is 210 Å². The summed E-state index contributed by atoms with van der Waals surface area (Å²) in [7, 11) is 4.13. The molecule has 0 aromatic heterocycles. The summed E-state index contributed by atoms with van der Waals surface area (Å²) in [4.78, 5) is 73.6. The van der Waals surface area contributed by atoms with Crippen LogP contribution in [0.15, 0.2) is 54.6 Å². The Labute approximate surface area is 369 Å². The van der Waals surface area contributed by atoms with Crippen LogP contribution in [0.25, 0.3) is 0 Å². The molecule has 2 aromatic rings. The van der Waals surface area contributed by atoms with Crippen LogP contribution in [0, 0.1) is 17.8 Å². The van der Waals surface area contributed by atoms with Gasteiger partial charge in [0.1, 0.15) is 6.04 Å². The van der Waals surface area contributed by atoms with Gasteiger partial charge in [-0.15, -0.1) is 0 Å². The molecule has 17 heteroatoms. The molecule has 0 aliphatic carbocycles. The number of nitrogens with two attached hydrogens (primary N) is 1. The summed E-state index contributed by atoms with van der Waals surface area (Å²) in [6.07, 6.45) is 0.407.